The summed E-state index contributed by atoms with van der Waals surface area (Å²) in [5.41, 5.74) is 1.50. The van der Waals surface area contributed by atoms with Crippen LogP contribution in [-0.4, -0.2) is 35.1 Å². The van der Waals surface area contributed by atoms with Gasteiger partial charge in [0.25, 0.3) is 0 Å². The maximum atomic E-state index is 12.5. The maximum absolute atomic E-state index is 12.5. The van der Waals surface area contributed by atoms with Crippen LogP contribution in [-0.2, 0) is 6.54 Å². The van der Waals surface area contributed by atoms with Crippen LogP contribution in [0.2, 0.25) is 0 Å². The zero-order valence-electron chi connectivity index (χ0n) is 14.0. The SMILES string of the molecule is C[C@]12CN(C(=O)NCc3ccc(C(=O)O)cc3)CC1[C@@H]1CC[C@H]2C1. The summed E-state index contributed by atoms with van der Waals surface area (Å²) < 4.78 is 0. The van der Waals surface area contributed by atoms with Gasteiger partial charge >= 0.3 is 12.0 Å². The van der Waals surface area contributed by atoms with E-state index in [1.165, 1.54) is 19.3 Å². The number of urea groups is 1. The Bertz CT molecular complexity index is 672. The van der Waals surface area contributed by atoms with Crippen molar-refractivity contribution in [2.24, 2.45) is 23.2 Å². The number of hydrogen-bond acceptors (Lipinski definition) is 2. The summed E-state index contributed by atoms with van der Waals surface area (Å²) in [7, 11) is 0. The summed E-state index contributed by atoms with van der Waals surface area (Å²) in [6.07, 6.45) is 4.05. The van der Waals surface area contributed by atoms with Gasteiger partial charge in [-0.3, -0.25) is 0 Å². The Labute approximate surface area is 142 Å². The molecule has 3 fully saturated rings. The van der Waals surface area contributed by atoms with Gasteiger partial charge in [0, 0.05) is 19.6 Å². The summed E-state index contributed by atoms with van der Waals surface area (Å²) in [6.45, 7) is 4.58. The molecular weight excluding hydrogens is 304 g/mol. The number of fused-ring (bicyclic) bond motifs is 5. The number of nitrogens with one attached hydrogen (secondary N) is 1. The molecule has 0 spiro atoms. The molecule has 128 valence electrons. The van der Waals surface area contributed by atoms with Crippen molar-refractivity contribution >= 4 is 12.0 Å². The van der Waals surface area contributed by atoms with Crippen LogP contribution in [0, 0.1) is 23.2 Å². The lowest BCUT2D eigenvalue weighted by molar-refractivity contribution is 0.0697. The fraction of sp³-hybridized carbons (Fsp3) is 0.579. The summed E-state index contributed by atoms with van der Waals surface area (Å²) in [5, 5.41) is 11.9. The Hall–Kier alpha value is -2.04. The molecule has 1 aromatic carbocycles. The quantitative estimate of drug-likeness (QED) is 0.896. The highest BCUT2D eigenvalue weighted by Gasteiger charge is 2.59. The number of aromatic carboxylic acids is 1. The molecule has 5 nitrogen and oxygen atoms in total. The summed E-state index contributed by atoms with van der Waals surface area (Å²) in [5.74, 6) is 1.36. The van der Waals surface area contributed by atoms with Crippen LogP contribution in [0.25, 0.3) is 0 Å². The Morgan fingerprint density at radius 3 is 2.71 bits per heavy atom. The van der Waals surface area contributed by atoms with E-state index in [9.17, 15) is 9.59 Å². The fourth-order valence-electron chi connectivity index (χ4n) is 5.35. The summed E-state index contributed by atoms with van der Waals surface area (Å²) >= 11 is 0. The number of benzene rings is 1. The standard InChI is InChI=1S/C19H24N2O3/c1-19-11-21(10-16(19)14-6-7-15(19)8-14)18(24)20-9-12-2-4-13(5-3-12)17(22)23/h2-5,14-16H,6-11H2,1H3,(H,20,24)(H,22,23)/t14-,15+,16?,19-/m1/s1. The van der Waals surface area contributed by atoms with E-state index in [2.05, 4.69) is 12.2 Å². The molecule has 2 bridgehead atoms. The molecule has 2 aliphatic carbocycles. The van der Waals surface area contributed by atoms with E-state index in [0.717, 1.165) is 30.5 Å². The number of amides is 2. The van der Waals surface area contributed by atoms with Crippen molar-refractivity contribution in [1.82, 2.24) is 10.2 Å². The van der Waals surface area contributed by atoms with Gasteiger partial charge < -0.3 is 15.3 Å². The number of rotatable bonds is 3. The minimum Gasteiger partial charge on any atom is -0.478 e. The number of carboxylic acid groups (broad SMARTS) is 1. The van der Waals surface area contributed by atoms with Crippen LogP contribution in [0.5, 0.6) is 0 Å². The van der Waals surface area contributed by atoms with E-state index < -0.39 is 5.97 Å². The zero-order chi connectivity index (χ0) is 16.9. The molecule has 4 atom stereocenters. The van der Waals surface area contributed by atoms with Gasteiger partial charge in [0.2, 0.25) is 0 Å². The molecule has 1 saturated heterocycles. The van der Waals surface area contributed by atoms with Crippen LogP contribution in [0.15, 0.2) is 24.3 Å². The lowest BCUT2D eigenvalue weighted by Crippen LogP contribution is -2.40. The molecule has 5 heteroatoms. The number of likely N-dealkylation sites (tertiary alicyclic amines) is 1. The van der Waals surface area contributed by atoms with Gasteiger partial charge in [0.15, 0.2) is 0 Å². The molecule has 2 amide bonds. The van der Waals surface area contributed by atoms with Gasteiger partial charge in [-0.2, -0.15) is 0 Å². The Kier molecular flexibility index (Phi) is 3.55. The smallest absolute Gasteiger partial charge is 0.335 e. The normalized spacial score (nSPS) is 33.5. The van der Waals surface area contributed by atoms with Crippen LogP contribution in [0.3, 0.4) is 0 Å². The van der Waals surface area contributed by atoms with Crippen molar-refractivity contribution in [2.75, 3.05) is 13.1 Å². The minimum absolute atomic E-state index is 0.00679. The number of carbonyl (C=O) groups excluding carboxylic acids is 1. The second kappa shape index (κ2) is 5.50. The van der Waals surface area contributed by atoms with Crippen LogP contribution >= 0.6 is 0 Å². The van der Waals surface area contributed by atoms with Gasteiger partial charge in [-0.25, -0.2) is 9.59 Å². The maximum Gasteiger partial charge on any atom is 0.335 e. The predicted octanol–water partition coefficient (Wildman–Crippen LogP) is 2.96. The molecule has 1 aromatic rings. The highest BCUT2D eigenvalue weighted by molar-refractivity contribution is 5.87. The van der Waals surface area contributed by atoms with Crippen molar-refractivity contribution in [1.29, 1.82) is 0 Å². The lowest BCUT2D eigenvalue weighted by Gasteiger charge is -2.34. The van der Waals surface area contributed by atoms with E-state index >= 15 is 0 Å². The second-order valence-corrected chi connectivity index (χ2v) is 7.92. The monoisotopic (exact) mass is 328 g/mol. The lowest BCUT2D eigenvalue weighted by atomic mass is 9.70. The molecule has 0 radical (unpaired) electrons. The predicted molar refractivity (Wildman–Crippen MR) is 89.6 cm³/mol. The molecule has 3 aliphatic rings. The van der Waals surface area contributed by atoms with Crippen molar-refractivity contribution in [3.63, 3.8) is 0 Å². The number of carbonyl (C=O) groups is 2. The molecule has 0 aromatic heterocycles. The Morgan fingerprint density at radius 1 is 1.29 bits per heavy atom. The third-order valence-electron chi connectivity index (χ3n) is 6.70. The second-order valence-electron chi connectivity index (χ2n) is 7.92. The first kappa shape index (κ1) is 15.5. The molecule has 24 heavy (non-hydrogen) atoms. The summed E-state index contributed by atoms with van der Waals surface area (Å²) in [6, 6.07) is 6.66. The first-order valence-corrected chi connectivity index (χ1v) is 8.82. The molecule has 1 aliphatic heterocycles. The molecule has 4 rings (SSSR count). The minimum atomic E-state index is -0.933. The average molecular weight is 328 g/mol. The zero-order valence-corrected chi connectivity index (χ0v) is 14.0. The van der Waals surface area contributed by atoms with Gasteiger partial charge in [-0.1, -0.05) is 19.1 Å². The molecule has 2 N–H and O–H groups in total. The van der Waals surface area contributed by atoms with E-state index in [-0.39, 0.29) is 11.6 Å². The van der Waals surface area contributed by atoms with E-state index in [0.29, 0.717) is 17.9 Å². The Morgan fingerprint density at radius 2 is 2.04 bits per heavy atom. The fourth-order valence-corrected chi connectivity index (χ4v) is 5.35. The van der Waals surface area contributed by atoms with Gasteiger partial charge in [0.1, 0.15) is 0 Å². The highest BCUT2D eigenvalue weighted by atomic mass is 16.4. The Balaban J connectivity index is 1.35. The largest absolute Gasteiger partial charge is 0.478 e. The van der Waals surface area contributed by atoms with Crippen molar-refractivity contribution in [2.45, 2.75) is 32.7 Å². The topological polar surface area (TPSA) is 69.6 Å². The first-order chi connectivity index (χ1) is 11.5. The van der Waals surface area contributed by atoms with Gasteiger partial charge in [-0.15, -0.1) is 0 Å². The first-order valence-electron chi connectivity index (χ1n) is 8.82. The third-order valence-corrected chi connectivity index (χ3v) is 6.70. The number of nitrogens with zero attached hydrogens (tertiary/aromatic N) is 1. The number of carboxylic acids is 1. The van der Waals surface area contributed by atoms with E-state index in [1.54, 1.807) is 24.3 Å². The molecule has 2 saturated carbocycles. The molecular formula is C19H24N2O3. The summed E-state index contributed by atoms with van der Waals surface area (Å²) in [4.78, 5) is 25.4. The van der Waals surface area contributed by atoms with Gasteiger partial charge in [0.05, 0.1) is 5.56 Å². The average Bonchev–Trinajstić information content (AvgIpc) is 3.23. The highest BCUT2D eigenvalue weighted by Crippen LogP contribution is 2.62. The van der Waals surface area contributed by atoms with Crippen molar-refractivity contribution in [3.05, 3.63) is 35.4 Å². The number of hydrogen-bond donors (Lipinski definition) is 2. The third kappa shape index (κ3) is 2.38. The molecule has 1 unspecified atom stereocenters. The van der Waals surface area contributed by atoms with Crippen molar-refractivity contribution < 1.29 is 14.7 Å². The molecule has 1 heterocycles. The van der Waals surface area contributed by atoms with Crippen LogP contribution in [0.4, 0.5) is 4.79 Å². The van der Waals surface area contributed by atoms with Crippen molar-refractivity contribution in [3.8, 4) is 0 Å². The van der Waals surface area contributed by atoms with Crippen LogP contribution < -0.4 is 5.32 Å². The van der Waals surface area contributed by atoms with E-state index in [4.69, 9.17) is 5.11 Å². The van der Waals surface area contributed by atoms with E-state index in [1.807, 2.05) is 4.90 Å². The van der Waals surface area contributed by atoms with Crippen LogP contribution in [0.1, 0.15) is 42.1 Å². The van der Waals surface area contributed by atoms with Gasteiger partial charge in [-0.05, 0) is 60.1 Å².